The standard InChI is InChI=1S/C24H28BrN7O2/c1-3-32(4-2)12-6-11-26-22(33)9-10-23(34)31-21-14-19-20(15-27-21)28-16-29-24(19)30-18-8-5-7-17(25)13-18/h5,7-10,13-16H,3-4,6,11-12H2,1-2H3,(H,26,33)(H,27,31,34)(H,28,29,30). The third-order valence-electron chi connectivity index (χ3n) is 5.09. The van der Waals surface area contributed by atoms with E-state index in [-0.39, 0.29) is 5.91 Å². The zero-order chi connectivity index (χ0) is 24.3. The van der Waals surface area contributed by atoms with Crippen LogP contribution < -0.4 is 16.0 Å². The Hall–Kier alpha value is -3.37. The van der Waals surface area contributed by atoms with Gasteiger partial charge < -0.3 is 20.9 Å². The molecule has 2 amide bonds. The van der Waals surface area contributed by atoms with Gasteiger partial charge in [-0.3, -0.25) is 9.59 Å². The van der Waals surface area contributed by atoms with Crippen LogP contribution in [0.2, 0.25) is 0 Å². The third kappa shape index (κ3) is 7.60. The van der Waals surface area contributed by atoms with Crippen molar-refractivity contribution in [1.82, 2.24) is 25.2 Å². The molecule has 34 heavy (non-hydrogen) atoms. The van der Waals surface area contributed by atoms with Crippen LogP contribution in [0.25, 0.3) is 10.9 Å². The molecular weight excluding hydrogens is 498 g/mol. The van der Waals surface area contributed by atoms with Gasteiger partial charge in [-0.25, -0.2) is 15.0 Å². The minimum atomic E-state index is -0.455. The normalized spacial score (nSPS) is 11.2. The summed E-state index contributed by atoms with van der Waals surface area (Å²) in [5.74, 6) is 0.146. The van der Waals surface area contributed by atoms with E-state index >= 15 is 0 Å². The van der Waals surface area contributed by atoms with Crippen LogP contribution in [0.1, 0.15) is 20.3 Å². The molecule has 0 atom stereocenters. The molecule has 3 aromatic rings. The molecule has 2 heterocycles. The Morgan fingerprint density at radius 3 is 2.62 bits per heavy atom. The SMILES string of the molecule is CCN(CC)CCCNC(=O)C=CC(=O)Nc1cc2c(Nc3cccc(Br)c3)ncnc2cn1. The Morgan fingerprint density at radius 2 is 1.85 bits per heavy atom. The van der Waals surface area contributed by atoms with Crippen molar-refractivity contribution in [2.24, 2.45) is 0 Å². The largest absolute Gasteiger partial charge is 0.353 e. The van der Waals surface area contributed by atoms with Crippen LogP contribution in [-0.2, 0) is 9.59 Å². The second kappa shape index (κ2) is 12.8. The zero-order valence-corrected chi connectivity index (χ0v) is 20.8. The van der Waals surface area contributed by atoms with Gasteiger partial charge >= 0.3 is 0 Å². The summed E-state index contributed by atoms with van der Waals surface area (Å²) < 4.78 is 0.935. The van der Waals surface area contributed by atoms with Crippen molar-refractivity contribution in [3.05, 3.63) is 59.5 Å². The lowest BCUT2D eigenvalue weighted by atomic mass is 10.2. The number of rotatable bonds is 11. The molecule has 1 aromatic carbocycles. The summed E-state index contributed by atoms with van der Waals surface area (Å²) in [4.78, 5) is 39.3. The Labute approximate surface area is 207 Å². The molecule has 0 saturated heterocycles. The first-order valence-electron chi connectivity index (χ1n) is 11.1. The van der Waals surface area contributed by atoms with Crippen molar-refractivity contribution < 1.29 is 9.59 Å². The van der Waals surface area contributed by atoms with E-state index in [9.17, 15) is 9.59 Å². The van der Waals surface area contributed by atoms with Crippen LogP contribution in [0, 0.1) is 0 Å². The number of halogens is 1. The summed E-state index contributed by atoms with van der Waals surface area (Å²) in [5.41, 5.74) is 1.48. The van der Waals surface area contributed by atoms with Crippen LogP contribution in [0.5, 0.6) is 0 Å². The maximum absolute atomic E-state index is 12.3. The Bertz CT molecular complexity index is 1170. The van der Waals surface area contributed by atoms with Crippen molar-refractivity contribution >= 4 is 56.0 Å². The molecule has 10 heteroatoms. The highest BCUT2D eigenvalue weighted by atomic mass is 79.9. The average Bonchev–Trinajstić information content (AvgIpc) is 2.83. The van der Waals surface area contributed by atoms with Crippen LogP contribution in [0.15, 0.2) is 59.5 Å². The van der Waals surface area contributed by atoms with Crippen molar-refractivity contribution in [3.8, 4) is 0 Å². The van der Waals surface area contributed by atoms with Gasteiger partial charge in [-0.05, 0) is 50.3 Å². The lowest BCUT2D eigenvalue weighted by Gasteiger charge is -2.17. The molecule has 9 nitrogen and oxygen atoms in total. The fraction of sp³-hybridized carbons (Fsp3) is 0.292. The highest BCUT2D eigenvalue weighted by molar-refractivity contribution is 9.10. The number of hydrogen-bond acceptors (Lipinski definition) is 7. The number of carbonyl (C=O) groups excluding carboxylic acids is 2. The number of hydrogen-bond donors (Lipinski definition) is 3. The third-order valence-corrected chi connectivity index (χ3v) is 5.58. The number of pyridine rings is 1. The highest BCUT2D eigenvalue weighted by Gasteiger charge is 2.08. The monoisotopic (exact) mass is 525 g/mol. The number of nitrogens with one attached hydrogen (secondary N) is 3. The van der Waals surface area contributed by atoms with E-state index < -0.39 is 5.91 Å². The van der Waals surface area contributed by atoms with Gasteiger partial charge in [0.15, 0.2) is 0 Å². The molecule has 0 saturated carbocycles. The van der Waals surface area contributed by atoms with Crippen LogP contribution in [-0.4, -0.2) is 57.8 Å². The van der Waals surface area contributed by atoms with Gasteiger partial charge in [-0.15, -0.1) is 0 Å². The van der Waals surface area contributed by atoms with Gasteiger partial charge in [-0.1, -0.05) is 35.8 Å². The lowest BCUT2D eigenvalue weighted by Crippen LogP contribution is -2.29. The van der Waals surface area contributed by atoms with Gasteiger partial charge in [0.05, 0.1) is 11.7 Å². The second-order valence-electron chi connectivity index (χ2n) is 7.44. The van der Waals surface area contributed by atoms with E-state index in [0.717, 1.165) is 36.2 Å². The minimum Gasteiger partial charge on any atom is -0.353 e. The molecule has 0 bridgehead atoms. The molecule has 3 rings (SSSR count). The lowest BCUT2D eigenvalue weighted by molar-refractivity contribution is -0.117. The summed E-state index contributed by atoms with van der Waals surface area (Å²) >= 11 is 3.45. The van der Waals surface area contributed by atoms with Crippen LogP contribution in [0.3, 0.4) is 0 Å². The minimum absolute atomic E-state index is 0.310. The van der Waals surface area contributed by atoms with Crippen LogP contribution >= 0.6 is 15.9 Å². The molecule has 0 unspecified atom stereocenters. The summed E-state index contributed by atoms with van der Waals surface area (Å²) in [6.45, 7) is 7.68. The summed E-state index contributed by atoms with van der Waals surface area (Å²) in [7, 11) is 0. The van der Waals surface area contributed by atoms with E-state index in [2.05, 4.69) is 65.6 Å². The quantitative estimate of drug-likeness (QED) is 0.257. The van der Waals surface area contributed by atoms with Crippen LogP contribution in [0.4, 0.5) is 17.3 Å². The van der Waals surface area contributed by atoms with Gasteiger partial charge in [0.2, 0.25) is 11.8 Å². The van der Waals surface area contributed by atoms with E-state index in [1.807, 2.05) is 24.3 Å². The molecular formula is C24H28BrN7O2. The van der Waals surface area contributed by atoms with Crippen molar-refractivity contribution in [3.63, 3.8) is 0 Å². The van der Waals surface area contributed by atoms with E-state index in [1.165, 1.54) is 18.5 Å². The molecule has 0 fully saturated rings. The average molecular weight is 526 g/mol. The van der Waals surface area contributed by atoms with Crippen molar-refractivity contribution in [1.29, 1.82) is 0 Å². The predicted octanol–water partition coefficient (Wildman–Crippen LogP) is 3.87. The van der Waals surface area contributed by atoms with Crippen molar-refractivity contribution in [2.45, 2.75) is 20.3 Å². The van der Waals surface area contributed by atoms with Gasteiger partial charge in [0.1, 0.15) is 18.0 Å². The number of anilines is 3. The van der Waals surface area contributed by atoms with Crippen molar-refractivity contribution in [2.75, 3.05) is 36.8 Å². The summed E-state index contributed by atoms with van der Waals surface area (Å²) in [6.07, 6.45) is 6.27. The number of amides is 2. The second-order valence-corrected chi connectivity index (χ2v) is 8.35. The first-order chi connectivity index (χ1) is 16.5. The maximum atomic E-state index is 12.3. The number of carbonyl (C=O) groups is 2. The topological polar surface area (TPSA) is 112 Å². The van der Waals surface area contributed by atoms with E-state index in [0.29, 0.717) is 29.1 Å². The molecule has 0 radical (unpaired) electrons. The fourth-order valence-electron chi connectivity index (χ4n) is 3.26. The molecule has 0 aliphatic carbocycles. The Morgan fingerprint density at radius 1 is 1.06 bits per heavy atom. The molecule has 0 spiro atoms. The van der Waals surface area contributed by atoms with Gasteiger partial charge in [-0.2, -0.15) is 0 Å². The number of fused-ring (bicyclic) bond motifs is 1. The van der Waals surface area contributed by atoms with E-state index in [4.69, 9.17) is 0 Å². The Balaban J connectivity index is 1.59. The predicted molar refractivity (Wildman–Crippen MR) is 138 cm³/mol. The number of nitrogens with zero attached hydrogens (tertiary/aromatic N) is 4. The maximum Gasteiger partial charge on any atom is 0.249 e. The first kappa shape index (κ1) is 25.3. The number of benzene rings is 1. The smallest absolute Gasteiger partial charge is 0.249 e. The molecule has 2 aromatic heterocycles. The first-order valence-corrected chi connectivity index (χ1v) is 11.9. The molecule has 0 aliphatic rings. The molecule has 3 N–H and O–H groups in total. The van der Waals surface area contributed by atoms with Gasteiger partial charge in [0.25, 0.3) is 0 Å². The molecule has 178 valence electrons. The molecule has 0 aliphatic heterocycles. The van der Waals surface area contributed by atoms with E-state index in [1.54, 1.807) is 12.3 Å². The fourth-order valence-corrected chi connectivity index (χ4v) is 3.66. The summed E-state index contributed by atoms with van der Waals surface area (Å²) in [6, 6.07) is 9.38. The van der Waals surface area contributed by atoms with Gasteiger partial charge in [0, 0.05) is 34.2 Å². The summed E-state index contributed by atoms with van der Waals surface area (Å²) in [5, 5.41) is 9.41. The number of aromatic nitrogens is 3. The highest BCUT2D eigenvalue weighted by Crippen LogP contribution is 2.25. The Kier molecular flexibility index (Phi) is 9.48. The zero-order valence-electron chi connectivity index (χ0n) is 19.2.